The number of aliphatic hydroxyl groups excluding tert-OH is 1. The summed E-state index contributed by atoms with van der Waals surface area (Å²) in [5.74, 6) is 0.901. The minimum atomic E-state index is -0.575. The largest absolute Gasteiger partial charge is 0.489 e. The van der Waals surface area contributed by atoms with E-state index in [0.29, 0.717) is 39.1 Å². The Bertz CT molecular complexity index is 1170. The molecule has 0 amide bonds. The van der Waals surface area contributed by atoms with E-state index in [1.807, 2.05) is 24.4 Å². The molecule has 4 aromatic rings. The normalized spacial score (nSPS) is 12.4. The maximum Gasteiger partial charge on any atom is 0.278 e. The number of rotatable bonds is 6. The zero-order chi connectivity index (χ0) is 20.5. The lowest BCUT2D eigenvalue weighted by Gasteiger charge is -2.12. The van der Waals surface area contributed by atoms with Gasteiger partial charge in [-0.25, -0.2) is 4.98 Å². The van der Waals surface area contributed by atoms with Crippen molar-refractivity contribution in [1.82, 2.24) is 24.5 Å². The van der Waals surface area contributed by atoms with Crippen molar-refractivity contribution in [1.29, 1.82) is 0 Å². The number of benzene rings is 1. The molecular weight excluding hydrogens is 417 g/mol. The summed E-state index contributed by atoms with van der Waals surface area (Å²) in [4.78, 5) is 13.0. The number of halogens is 2. The average Bonchev–Trinajstić information content (AvgIpc) is 3.34. The number of aryl methyl sites for hydroxylation is 1. The van der Waals surface area contributed by atoms with Crippen LogP contribution in [0.3, 0.4) is 0 Å². The Balaban J connectivity index is 1.62. The first-order chi connectivity index (χ1) is 13.9. The van der Waals surface area contributed by atoms with Gasteiger partial charge in [-0.3, -0.25) is 4.98 Å². The third-order valence-electron chi connectivity index (χ3n) is 4.28. The molecule has 0 bridgehead atoms. The molecule has 4 rings (SSSR count). The number of hydrogen-bond acceptors (Lipinski definition) is 7. The van der Waals surface area contributed by atoms with Crippen LogP contribution in [-0.4, -0.2) is 42.3 Å². The van der Waals surface area contributed by atoms with Crippen LogP contribution in [0.15, 0.2) is 35.2 Å². The number of aromatic nitrogens is 5. The number of nitrogens with zero attached hydrogens (tertiary/aromatic N) is 5. The van der Waals surface area contributed by atoms with E-state index in [1.54, 1.807) is 24.5 Å². The maximum atomic E-state index is 9.65. The molecule has 0 saturated heterocycles. The highest BCUT2D eigenvalue weighted by molar-refractivity contribution is 6.36. The Kier molecular flexibility index (Phi) is 5.40. The van der Waals surface area contributed by atoms with Gasteiger partial charge in [-0.05, 0) is 19.4 Å². The topological polar surface area (TPSA) is 98.6 Å². The molecule has 0 aliphatic heterocycles. The molecule has 0 aliphatic carbocycles. The smallest absolute Gasteiger partial charge is 0.278 e. The van der Waals surface area contributed by atoms with Crippen molar-refractivity contribution in [3.63, 3.8) is 0 Å². The highest BCUT2D eigenvalue weighted by atomic mass is 35.5. The third-order valence-corrected chi connectivity index (χ3v) is 4.89. The standard InChI is InChI=1S/C19H17Cl2N5O3/c1-3-11(27)9-28-16-5-13(20)12(4-14(16)21)18-24-19(29-25-18)15-8-26-7-10(2)22-6-17(26)23-15/h4-8,11,27H,3,9H2,1-2H3. The summed E-state index contributed by atoms with van der Waals surface area (Å²) in [5.41, 5.74) is 2.55. The summed E-state index contributed by atoms with van der Waals surface area (Å²) >= 11 is 12.7. The van der Waals surface area contributed by atoms with Crippen molar-refractivity contribution >= 4 is 28.8 Å². The fourth-order valence-corrected chi connectivity index (χ4v) is 3.11. The van der Waals surface area contributed by atoms with Crippen LogP contribution >= 0.6 is 23.2 Å². The highest BCUT2D eigenvalue weighted by Crippen LogP contribution is 2.36. The van der Waals surface area contributed by atoms with Gasteiger partial charge < -0.3 is 18.8 Å². The van der Waals surface area contributed by atoms with Crippen molar-refractivity contribution in [2.45, 2.75) is 26.4 Å². The third kappa shape index (κ3) is 4.05. The summed E-state index contributed by atoms with van der Waals surface area (Å²) < 4.78 is 12.7. The van der Waals surface area contributed by atoms with Crippen molar-refractivity contribution < 1.29 is 14.4 Å². The molecule has 0 saturated carbocycles. The van der Waals surface area contributed by atoms with E-state index in [4.69, 9.17) is 32.5 Å². The predicted molar refractivity (Wildman–Crippen MR) is 108 cm³/mol. The molecule has 1 aromatic carbocycles. The zero-order valence-corrected chi connectivity index (χ0v) is 17.1. The Hall–Kier alpha value is -2.68. The van der Waals surface area contributed by atoms with Gasteiger partial charge in [-0.15, -0.1) is 0 Å². The van der Waals surface area contributed by atoms with Crippen LogP contribution in [0, 0.1) is 6.92 Å². The van der Waals surface area contributed by atoms with Crippen LogP contribution in [0.4, 0.5) is 0 Å². The number of aliphatic hydroxyl groups is 1. The molecule has 0 aliphatic rings. The van der Waals surface area contributed by atoms with Crippen LogP contribution in [-0.2, 0) is 0 Å². The summed E-state index contributed by atoms with van der Waals surface area (Å²) in [6.07, 6.45) is 5.31. The van der Waals surface area contributed by atoms with E-state index in [-0.39, 0.29) is 18.3 Å². The molecule has 10 heteroatoms. The van der Waals surface area contributed by atoms with E-state index < -0.39 is 6.10 Å². The number of hydrogen-bond donors (Lipinski definition) is 1. The van der Waals surface area contributed by atoms with Crippen molar-refractivity contribution in [2.24, 2.45) is 0 Å². The van der Waals surface area contributed by atoms with Crippen LogP contribution in [0.2, 0.25) is 10.0 Å². The quantitative estimate of drug-likeness (QED) is 0.485. The first-order valence-corrected chi connectivity index (χ1v) is 9.66. The van der Waals surface area contributed by atoms with E-state index in [0.717, 1.165) is 5.69 Å². The van der Waals surface area contributed by atoms with Gasteiger partial charge >= 0.3 is 0 Å². The van der Waals surface area contributed by atoms with Gasteiger partial charge in [-0.1, -0.05) is 35.3 Å². The van der Waals surface area contributed by atoms with Gasteiger partial charge in [0, 0.05) is 24.0 Å². The molecule has 29 heavy (non-hydrogen) atoms. The maximum absolute atomic E-state index is 9.65. The molecule has 1 unspecified atom stereocenters. The van der Waals surface area contributed by atoms with E-state index in [9.17, 15) is 5.11 Å². The van der Waals surface area contributed by atoms with Crippen molar-refractivity contribution in [3.05, 3.63) is 46.5 Å². The van der Waals surface area contributed by atoms with Crippen molar-refractivity contribution in [3.8, 4) is 28.7 Å². The molecule has 1 N–H and O–H groups in total. The first-order valence-electron chi connectivity index (χ1n) is 8.90. The van der Waals surface area contributed by atoms with E-state index in [1.165, 1.54) is 0 Å². The van der Waals surface area contributed by atoms with Gasteiger partial charge in [0.1, 0.15) is 18.1 Å². The zero-order valence-electron chi connectivity index (χ0n) is 15.6. The molecular formula is C19H17Cl2N5O3. The lowest BCUT2D eigenvalue weighted by Crippen LogP contribution is -2.16. The van der Waals surface area contributed by atoms with Crippen LogP contribution in [0.1, 0.15) is 19.0 Å². The van der Waals surface area contributed by atoms with E-state index in [2.05, 4.69) is 20.1 Å². The van der Waals surface area contributed by atoms with Gasteiger partial charge in [0.25, 0.3) is 5.89 Å². The van der Waals surface area contributed by atoms with Crippen molar-refractivity contribution in [2.75, 3.05) is 6.61 Å². The number of fused-ring (bicyclic) bond motifs is 1. The summed E-state index contributed by atoms with van der Waals surface area (Å²) in [5, 5.41) is 14.3. The molecule has 0 spiro atoms. The Morgan fingerprint density at radius 3 is 2.83 bits per heavy atom. The fourth-order valence-electron chi connectivity index (χ4n) is 2.66. The van der Waals surface area contributed by atoms with Crippen LogP contribution < -0.4 is 4.74 Å². The first kappa shape index (κ1) is 19.6. The van der Waals surface area contributed by atoms with Gasteiger partial charge in [0.2, 0.25) is 5.82 Å². The SMILES string of the molecule is CCC(O)COc1cc(Cl)c(-c2noc(-c3cn4cc(C)ncc4n3)n2)cc1Cl. The molecule has 3 aromatic heterocycles. The average molecular weight is 434 g/mol. The van der Waals surface area contributed by atoms with Gasteiger partial charge in [0.15, 0.2) is 5.65 Å². The monoisotopic (exact) mass is 433 g/mol. The molecule has 0 radical (unpaired) electrons. The lowest BCUT2D eigenvalue weighted by atomic mass is 10.2. The molecule has 1 atom stereocenters. The fraction of sp³-hybridized carbons (Fsp3) is 0.263. The summed E-state index contributed by atoms with van der Waals surface area (Å²) in [6, 6.07) is 3.17. The summed E-state index contributed by atoms with van der Waals surface area (Å²) in [6.45, 7) is 3.88. The second kappa shape index (κ2) is 7.98. The molecule has 3 heterocycles. The predicted octanol–water partition coefficient (Wildman–Crippen LogP) is 4.21. The Morgan fingerprint density at radius 2 is 2.03 bits per heavy atom. The lowest BCUT2D eigenvalue weighted by molar-refractivity contribution is 0.104. The van der Waals surface area contributed by atoms with E-state index >= 15 is 0 Å². The van der Waals surface area contributed by atoms with Gasteiger partial charge in [-0.2, -0.15) is 4.98 Å². The Morgan fingerprint density at radius 1 is 1.21 bits per heavy atom. The second-order valence-corrected chi connectivity index (χ2v) is 7.29. The number of imidazole rings is 1. The van der Waals surface area contributed by atoms with Crippen LogP contribution in [0.5, 0.6) is 5.75 Å². The van der Waals surface area contributed by atoms with Crippen LogP contribution in [0.25, 0.3) is 28.6 Å². The minimum absolute atomic E-state index is 0.125. The second-order valence-electron chi connectivity index (χ2n) is 6.48. The molecule has 8 nitrogen and oxygen atoms in total. The minimum Gasteiger partial charge on any atom is -0.489 e. The summed E-state index contributed by atoms with van der Waals surface area (Å²) in [7, 11) is 0. The highest BCUT2D eigenvalue weighted by Gasteiger charge is 2.18. The van der Waals surface area contributed by atoms with Gasteiger partial charge in [0.05, 0.1) is 28.0 Å². The molecule has 150 valence electrons. The number of ether oxygens (including phenoxy) is 1. The molecule has 0 fully saturated rings. The Labute approximate surface area is 176 Å².